The van der Waals surface area contributed by atoms with Crippen LogP contribution in [0.1, 0.15) is 90.3 Å². The number of hydrogen-bond donors (Lipinski definition) is 1. The van der Waals surface area contributed by atoms with Crippen LogP contribution in [0.3, 0.4) is 0 Å². The summed E-state index contributed by atoms with van der Waals surface area (Å²) in [5, 5.41) is 13.6. The summed E-state index contributed by atoms with van der Waals surface area (Å²) < 4.78 is 57.3. The second kappa shape index (κ2) is 15.4. The van der Waals surface area contributed by atoms with E-state index in [0.29, 0.717) is 42.0 Å². The van der Waals surface area contributed by atoms with Crippen molar-refractivity contribution in [1.29, 1.82) is 5.26 Å². The lowest BCUT2D eigenvalue weighted by atomic mass is 9.93. The topological polar surface area (TPSA) is 160 Å². The van der Waals surface area contributed by atoms with E-state index >= 15 is 8.78 Å². The number of nitrogens with zero attached hydrogens (tertiary/aromatic N) is 8. The summed E-state index contributed by atoms with van der Waals surface area (Å²) in [5.41, 5.74) is -0.683. The zero-order chi connectivity index (χ0) is 43.9. The molecule has 5 aliphatic rings. The smallest absolute Gasteiger partial charge is 0.412 e. The molecule has 0 spiro atoms. The van der Waals surface area contributed by atoms with Crippen LogP contribution in [0.25, 0.3) is 37.1 Å². The molecule has 62 heavy (non-hydrogen) atoms. The predicted octanol–water partition coefficient (Wildman–Crippen LogP) is 8.17. The summed E-state index contributed by atoms with van der Waals surface area (Å²) in [6.45, 7) is 21.6. The van der Waals surface area contributed by atoms with Gasteiger partial charge in [-0.1, -0.05) is 0 Å². The number of thiophene rings is 1. The molecular formula is C44H49F2N9O6S. The van der Waals surface area contributed by atoms with Gasteiger partial charge in [-0.2, -0.15) is 15.2 Å². The Balaban J connectivity index is 1.16. The highest BCUT2D eigenvalue weighted by molar-refractivity contribution is 7.23. The Morgan fingerprint density at radius 1 is 1.03 bits per heavy atom. The average Bonchev–Trinajstić information content (AvgIpc) is 3.54. The van der Waals surface area contributed by atoms with Crippen molar-refractivity contribution in [1.82, 2.24) is 24.8 Å². The largest absolute Gasteiger partial charge is 0.463 e. The molecule has 9 rings (SSSR count). The summed E-state index contributed by atoms with van der Waals surface area (Å²) in [6.07, 6.45) is 4.00. The van der Waals surface area contributed by atoms with Crippen LogP contribution in [-0.4, -0.2) is 106 Å². The average molecular weight is 870 g/mol. The summed E-state index contributed by atoms with van der Waals surface area (Å²) in [7, 11) is 0. The molecule has 4 aliphatic heterocycles. The lowest BCUT2D eigenvalue weighted by molar-refractivity contribution is 0.0209. The van der Waals surface area contributed by atoms with E-state index in [9.17, 15) is 14.9 Å². The van der Waals surface area contributed by atoms with Crippen LogP contribution in [0.5, 0.6) is 6.01 Å². The Labute approximate surface area is 362 Å². The van der Waals surface area contributed by atoms with Gasteiger partial charge in [0, 0.05) is 61.0 Å². The van der Waals surface area contributed by atoms with Gasteiger partial charge in [-0.05, 0) is 78.4 Å². The van der Waals surface area contributed by atoms with Crippen molar-refractivity contribution < 1.29 is 37.3 Å². The van der Waals surface area contributed by atoms with Crippen LogP contribution in [0.15, 0.2) is 6.20 Å². The van der Waals surface area contributed by atoms with E-state index in [0.717, 1.165) is 69.3 Å². The number of carbonyl (C=O) groups excluding carboxylic acids is 2. The SMILES string of the molecule is [C-]#[N+][C@@H]1CCN(CC2(COc3nc(N4C5CCC4CN(C(=O)OC(C)(C)C)C5)c4c5c(c(-c6ncc(F)c7sc(NC(=O)OC(C)(C)C)c(C#N)c67)c(F)c4n3)COC5)CC2)C1. The molecule has 2 unspecified atom stereocenters. The molecule has 4 fully saturated rings. The predicted molar refractivity (Wildman–Crippen MR) is 227 cm³/mol. The number of ether oxygens (including phenoxy) is 4. The van der Waals surface area contributed by atoms with Crippen LogP contribution < -0.4 is 15.0 Å². The normalized spacial score (nSPS) is 21.8. The van der Waals surface area contributed by atoms with Crippen LogP contribution in [0.4, 0.5) is 29.2 Å². The van der Waals surface area contributed by atoms with Gasteiger partial charge < -0.3 is 33.6 Å². The monoisotopic (exact) mass is 869 g/mol. The van der Waals surface area contributed by atoms with E-state index in [1.807, 2.05) is 20.8 Å². The molecule has 2 bridgehead atoms. The minimum atomic E-state index is -0.843. The fourth-order valence-corrected chi connectivity index (χ4v) is 10.4. The van der Waals surface area contributed by atoms with Crippen molar-refractivity contribution in [3.05, 3.63) is 45.9 Å². The highest BCUT2D eigenvalue weighted by atomic mass is 32.1. The highest BCUT2D eigenvalue weighted by Crippen LogP contribution is 2.50. The summed E-state index contributed by atoms with van der Waals surface area (Å²) in [5.74, 6) is -1.03. The number of aromatic nitrogens is 3. The highest BCUT2D eigenvalue weighted by Gasteiger charge is 2.48. The first kappa shape index (κ1) is 41.9. The number of benzene rings is 1. The number of piperazine rings is 1. The molecule has 3 atom stereocenters. The van der Waals surface area contributed by atoms with Gasteiger partial charge in [-0.3, -0.25) is 15.2 Å². The van der Waals surface area contributed by atoms with Crippen molar-refractivity contribution in [3.63, 3.8) is 0 Å². The van der Waals surface area contributed by atoms with E-state index in [-0.39, 0.29) is 80.2 Å². The third-order valence-corrected chi connectivity index (χ3v) is 13.3. The number of nitriles is 1. The second-order valence-electron chi connectivity index (χ2n) is 19.2. The van der Waals surface area contributed by atoms with E-state index in [1.54, 1.807) is 25.7 Å². The third kappa shape index (κ3) is 7.81. The number of carbonyl (C=O) groups is 2. The molecule has 18 heteroatoms. The zero-order valence-corrected chi connectivity index (χ0v) is 36.5. The molecule has 2 amide bonds. The number of likely N-dealkylation sites (tertiary alicyclic amines) is 2. The second-order valence-corrected chi connectivity index (χ2v) is 20.2. The third-order valence-electron chi connectivity index (χ3n) is 12.2. The molecule has 1 saturated carbocycles. The fraction of sp³-hybridized carbons (Fsp3) is 0.568. The number of hydrogen-bond acceptors (Lipinski definition) is 13. The zero-order valence-electron chi connectivity index (χ0n) is 35.7. The van der Waals surface area contributed by atoms with Gasteiger partial charge in [0.1, 0.15) is 33.6 Å². The van der Waals surface area contributed by atoms with Gasteiger partial charge in [-0.15, -0.1) is 11.3 Å². The fourth-order valence-electron chi connectivity index (χ4n) is 9.34. The maximum Gasteiger partial charge on any atom is 0.412 e. The minimum Gasteiger partial charge on any atom is -0.463 e. The number of halogens is 2. The first-order valence-corrected chi connectivity index (χ1v) is 21.9. The summed E-state index contributed by atoms with van der Waals surface area (Å²) in [4.78, 5) is 50.4. The molecule has 3 saturated heterocycles. The summed E-state index contributed by atoms with van der Waals surface area (Å²) >= 11 is 0.834. The van der Waals surface area contributed by atoms with E-state index < -0.39 is 35.0 Å². The molecule has 15 nitrogen and oxygen atoms in total. The Bertz CT molecular complexity index is 2580. The van der Waals surface area contributed by atoms with E-state index in [1.165, 1.54) is 0 Å². The van der Waals surface area contributed by atoms with Crippen LogP contribution >= 0.6 is 11.3 Å². The van der Waals surface area contributed by atoms with Crippen LogP contribution in [-0.2, 0) is 27.4 Å². The molecule has 3 aromatic heterocycles. The Morgan fingerprint density at radius 2 is 1.74 bits per heavy atom. The van der Waals surface area contributed by atoms with E-state index in [2.05, 4.69) is 31.0 Å². The standard InChI is InChI=1S/C44H49F2N9O6S/c1-42(2,3)60-40(56)52-38-26(14-47)31-34(49-15-29(45)36(31)62-38)30-27-19-58-20-28(27)32-35(33(30)46)50-39(59-22-44(11-12-44)21-53-13-10-23(16-53)48-7)51-37(32)55-24-8-9-25(55)18-54(17-24)41(57)61-43(4,5)6/h15,23-25H,8-13,16-22H2,1-6H3,(H,52,56)/t23-,24?,25?/m1/s1. The number of nitrogens with one attached hydrogen (secondary N) is 1. The molecule has 1 N–H and O–H groups in total. The van der Waals surface area contributed by atoms with Crippen molar-refractivity contribution >= 4 is 55.3 Å². The number of fused-ring (bicyclic) bond motifs is 6. The van der Waals surface area contributed by atoms with Crippen molar-refractivity contribution in [2.75, 3.05) is 49.5 Å². The minimum absolute atomic E-state index is 0.00142. The molecule has 1 aliphatic carbocycles. The first-order chi connectivity index (χ1) is 29.4. The lowest BCUT2D eigenvalue weighted by Gasteiger charge is -2.42. The molecule has 326 valence electrons. The maximum absolute atomic E-state index is 17.9. The molecular weight excluding hydrogens is 821 g/mol. The Hall–Kier alpha value is -5.43. The summed E-state index contributed by atoms with van der Waals surface area (Å²) in [6, 6.07) is 1.76. The quantitative estimate of drug-likeness (QED) is 0.170. The number of amides is 2. The molecule has 0 radical (unpaired) electrons. The lowest BCUT2D eigenvalue weighted by Crippen LogP contribution is -2.56. The Kier molecular flexibility index (Phi) is 10.4. The number of rotatable bonds is 8. The Morgan fingerprint density at radius 3 is 2.39 bits per heavy atom. The molecule has 4 aromatic rings. The first-order valence-electron chi connectivity index (χ1n) is 21.1. The van der Waals surface area contributed by atoms with Crippen molar-refractivity contribution in [2.24, 2.45) is 5.41 Å². The van der Waals surface area contributed by atoms with E-state index in [4.69, 9.17) is 35.5 Å². The van der Waals surface area contributed by atoms with Gasteiger partial charge >= 0.3 is 18.2 Å². The number of anilines is 2. The maximum atomic E-state index is 17.9. The number of pyridine rings is 1. The van der Waals surface area contributed by atoms with Crippen molar-refractivity contribution in [3.8, 4) is 23.3 Å². The van der Waals surface area contributed by atoms with Gasteiger partial charge in [0.15, 0.2) is 11.6 Å². The molecule has 7 heterocycles. The van der Waals surface area contributed by atoms with Crippen molar-refractivity contribution in [2.45, 2.75) is 116 Å². The van der Waals surface area contributed by atoms with Gasteiger partial charge in [-0.25, -0.2) is 24.9 Å². The van der Waals surface area contributed by atoms with Crippen LogP contribution in [0.2, 0.25) is 0 Å². The van der Waals surface area contributed by atoms with Gasteiger partial charge in [0.05, 0.1) is 53.9 Å². The van der Waals surface area contributed by atoms with Gasteiger partial charge in [0.25, 0.3) is 0 Å². The van der Waals surface area contributed by atoms with Crippen LogP contribution in [0, 0.1) is 35.0 Å². The van der Waals surface area contributed by atoms with Gasteiger partial charge in [0.2, 0.25) is 6.04 Å². The molecule has 1 aromatic carbocycles.